The van der Waals surface area contributed by atoms with Crippen LogP contribution in [-0.2, 0) is 0 Å². The summed E-state index contributed by atoms with van der Waals surface area (Å²) in [5.41, 5.74) is 25.0. The number of rotatable bonds is 13. The third kappa shape index (κ3) is 7.08. The van der Waals surface area contributed by atoms with E-state index in [1.807, 2.05) is 0 Å². The fraction of sp³-hybridized carbons (Fsp3) is 0.579. The molecule has 2 aliphatic heterocycles. The van der Waals surface area contributed by atoms with Crippen LogP contribution in [0, 0.1) is 0 Å². The number of allylic oxidation sites excluding steroid dienone is 2. The fourth-order valence-electron chi connectivity index (χ4n) is 8.24. The van der Waals surface area contributed by atoms with Crippen LogP contribution in [0.3, 0.4) is 0 Å². The summed E-state index contributed by atoms with van der Waals surface area (Å²) in [6.45, 7) is 0. The fourth-order valence-corrected chi connectivity index (χ4v) is 10.4. The number of unbranched alkanes of at least 4 members (excludes halogenated alkanes) is 7. The van der Waals surface area contributed by atoms with Gasteiger partial charge in [0.15, 0.2) is 0 Å². The Labute approximate surface area is 293 Å². The van der Waals surface area contributed by atoms with Gasteiger partial charge >= 0.3 is 0 Å². The first-order valence-corrected chi connectivity index (χ1v) is 20.0. The maximum atomic E-state index is 6.76. The average Bonchev–Trinajstić information content (AvgIpc) is 3.06. The summed E-state index contributed by atoms with van der Waals surface area (Å²) in [7, 11) is 0. The number of para-hydroxylation sites is 2. The largest absolute Gasteiger partial charge is 0.332 e. The van der Waals surface area contributed by atoms with E-state index in [0.29, 0.717) is 8.10 Å². The van der Waals surface area contributed by atoms with Crippen molar-refractivity contribution in [2.45, 2.75) is 136 Å². The molecule has 44 heavy (non-hydrogen) atoms. The molecule has 2 heterocycles. The van der Waals surface area contributed by atoms with E-state index in [0.717, 1.165) is 0 Å². The number of anilines is 2. The molecule has 2 aromatic carbocycles. The van der Waals surface area contributed by atoms with Crippen molar-refractivity contribution in [3.05, 3.63) is 82.2 Å². The van der Waals surface area contributed by atoms with Crippen molar-refractivity contribution in [1.29, 1.82) is 0 Å². The Morgan fingerprint density at radius 2 is 0.909 bits per heavy atom. The Kier molecular flexibility index (Phi) is 11.7. The quantitative estimate of drug-likeness (QED) is 0.0915. The standard InChI is InChI=1S/C38H52I2N4/c39-35(43-31-21-13-9-17-27(31)37(41)28-18-10-14-22-32(28)43)25-7-5-3-1-2-4-6-8-26-36(40)44-33-23-15-11-19-29(33)38(42)30-20-12-16-24-34(30)44/h9,11,13,15,17,19,21,23,35-38H,1-8,10,12,14,16,18,20,22,24-26,41-42H2. The Balaban J connectivity index is 0.903. The number of hydrogen-bond donors (Lipinski definition) is 2. The molecule has 6 heteroatoms. The van der Waals surface area contributed by atoms with Crippen LogP contribution in [-0.4, -0.2) is 8.10 Å². The van der Waals surface area contributed by atoms with Gasteiger partial charge in [-0.15, -0.1) is 0 Å². The highest BCUT2D eigenvalue weighted by atomic mass is 127. The summed E-state index contributed by atoms with van der Waals surface area (Å²) in [6, 6.07) is 18.0. The zero-order chi connectivity index (χ0) is 30.5. The molecule has 0 spiro atoms. The van der Waals surface area contributed by atoms with E-state index >= 15 is 0 Å². The number of alkyl halides is 2. The van der Waals surface area contributed by atoms with Crippen LogP contribution in [0.2, 0.25) is 0 Å². The molecule has 238 valence electrons. The van der Waals surface area contributed by atoms with Gasteiger partial charge < -0.3 is 21.3 Å². The highest BCUT2D eigenvalue weighted by Crippen LogP contribution is 2.48. The highest BCUT2D eigenvalue weighted by molar-refractivity contribution is 14.1. The lowest BCUT2D eigenvalue weighted by atomic mass is 9.83. The second kappa shape index (κ2) is 15.7. The molecule has 4 nitrogen and oxygen atoms in total. The van der Waals surface area contributed by atoms with Crippen molar-refractivity contribution in [2.24, 2.45) is 11.5 Å². The van der Waals surface area contributed by atoms with Crippen molar-refractivity contribution in [3.8, 4) is 0 Å². The summed E-state index contributed by atoms with van der Waals surface area (Å²) in [4.78, 5) is 5.33. The molecule has 0 radical (unpaired) electrons. The van der Waals surface area contributed by atoms with Crippen molar-refractivity contribution < 1.29 is 0 Å². The van der Waals surface area contributed by atoms with Crippen molar-refractivity contribution >= 4 is 56.6 Å². The molecule has 0 aromatic heterocycles. The second-order valence-corrected chi connectivity index (χ2v) is 16.3. The zero-order valence-corrected chi connectivity index (χ0v) is 30.8. The molecule has 0 amide bonds. The van der Waals surface area contributed by atoms with Gasteiger partial charge in [-0.2, -0.15) is 0 Å². The number of benzene rings is 2. The first-order chi connectivity index (χ1) is 21.6. The van der Waals surface area contributed by atoms with Crippen molar-refractivity contribution in [2.75, 3.05) is 9.80 Å². The molecule has 0 saturated carbocycles. The first-order valence-electron chi connectivity index (χ1n) is 17.6. The number of hydrogen-bond acceptors (Lipinski definition) is 4. The molecule has 0 fully saturated rings. The summed E-state index contributed by atoms with van der Waals surface area (Å²) >= 11 is 5.42. The number of fused-ring (bicyclic) bond motifs is 2. The van der Waals surface area contributed by atoms with Crippen molar-refractivity contribution in [1.82, 2.24) is 0 Å². The van der Waals surface area contributed by atoms with E-state index in [9.17, 15) is 0 Å². The Hall–Kier alpha value is -1.10. The maximum Gasteiger partial charge on any atom is 0.0855 e. The summed E-state index contributed by atoms with van der Waals surface area (Å²) in [5, 5.41) is 0. The number of halogens is 2. The van der Waals surface area contributed by atoms with Crippen LogP contribution in [0.25, 0.3) is 0 Å². The lowest BCUT2D eigenvalue weighted by molar-refractivity contribution is 0.535. The third-order valence-corrected chi connectivity index (χ3v) is 12.9. The highest BCUT2D eigenvalue weighted by Gasteiger charge is 2.35. The zero-order valence-electron chi connectivity index (χ0n) is 26.5. The van der Waals surface area contributed by atoms with Gasteiger partial charge in [0.05, 0.1) is 20.2 Å². The minimum atomic E-state index is 0.0895. The lowest BCUT2D eigenvalue weighted by Gasteiger charge is -2.43. The Bertz CT molecular complexity index is 1230. The van der Waals surface area contributed by atoms with E-state index in [4.69, 9.17) is 11.5 Å². The maximum absolute atomic E-state index is 6.76. The van der Waals surface area contributed by atoms with Gasteiger partial charge in [0, 0.05) is 22.8 Å². The molecule has 2 aliphatic carbocycles. The summed E-state index contributed by atoms with van der Waals surface area (Å²) in [5.74, 6) is 0. The van der Waals surface area contributed by atoms with Gasteiger partial charge in [-0.25, -0.2) is 0 Å². The predicted octanol–water partition coefficient (Wildman–Crippen LogP) is 11.1. The van der Waals surface area contributed by atoms with Gasteiger partial charge in [0.1, 0.15) is 0 Å². The molecule has 0 saturated heterocycles. The molecular formula is C38H52I2N4. The topological polar surface area (TPSA) is 58.5 Å². The molecule has 4 aliphatic rings. The van der Waals surface area contributed by atoms with Gasteiger partial charge in [-0.3, -0.25) is 0 Å². The van der Waals surface area contributed by atoms with Crippen LogP contribution in [0.5, 0.6) is 0 Å². The lowest BCUT2D eigenvalue weighted by Crippen LogP contribution is -2.38. The SMILES string of the molecule is NC1C2=C(CCCC2)N(C(I)CCCCCCCCCCC(I)N2C3=C(CCCC3)C(N)c3ccccc32)c2ccccc21. The number of nitrogens with two attached hydrogens (primary N) is 2. The third-order valence-electron chi connectivity index (χ3n) is 10.6. The van der Waals surface area contributed by atoms with E-state index in [-0.39, 0.29) is 12.1 Å². The van der Waals surface area contributed by atoms with E-state index in [2.05, 4.69) is 104 Å². The molecule has 4 atom stereocenters. The van der Waals surface area contributed by atoms with Crippen molar-refractivity contribution in [3.63, 3.8) is 0 Å². The first kappa shape index (κ1) is 32.8. The van der Waals surface area contributed by atoms with E-state index < -0.39 is 0 Å². The molecule has 0 bridgehead atoms. The minimum absolute atomic E-state index is 0.0895. The Morgan fingerprint density at radius 3 is 1.34 bits per heavy atom. The minimum Gasteiger partial charge on any atom is -0.332 e. The van der Waals surface area contributed by atoms with Crippen LogP contribution in [0.15, 0.2) is 71.1 Å². The molecule has 2 aromatic rings. The van der Waals surface area contributed by atoms with Gasteiger partial charge in [-0.1, -0.05) is 133 Å². The molecular weight excluding hydrogens is 766 g/mol. The van der Waals surface area contributed by atoms with E-state index in [1.165, 1.54) is 149 Å². The number of nitrogens with zero attached hydrogens (tertiary/aromatic N) is 2. The van der Waals surface area contributed by atoms with E-state index in [1.54, 1.807) is 11.4 Å². The predicted molar refractivity (Wildman–Crippen MR) is 204 cm³/mol. The second-order valence-electron chi connectivity index (χ2n) is 13.4. The van der Waals surface area contributed by atoms with Gasteiger partial charge in [-0.05, 0) is 98.6 Å². The van der Waals surface area contributed by atoms with Crippen LogP contribution < -0.4 is 21.3 Å². The van der Waals surface area contributed by atoms with Crippen LogP contribution in [0.1, 0.15) is 139 Å². The monoisotopic (exact) mass is 818 g/mol. The average molecular weight is 819 g/mol. The van der Waals surface area contributed by atoms with Crippen LogP contribution in [0.4, 0.5) is 11.4 Å². The van der Waals surface area contributed by atoms with Crippen LogP contribution >= 0.6 is 45.2 Å². The Morgan fingerprint density at radius 1 is 0.545 bits per heavy atom. The van der Waals surface area contributed by atoms with Gasteiger partial charge in [0.25, 0.3) is 0 Å². The summed E-state index contributed by atoms with van der Waals surface area (Å²) < 4.78 is 1.02. The molecule has 4 N–H and O–H groups in total. The van der Waals surface area contributed by atoms with Gasteiger partial charge in [0.2, 0.25) is 0 Å². The smallest absolute Gasteiger partial charge is 0.0855 e. The molecule has 4 unspecified atom stereocenters. The summed E-state index contributed by atoms with van der Waals surface area (Å²) in [6.07, 6.45) is 23.2. The molecule has 6 rings (SSSR count). The normalized spacial score (nSPS) is 22.7.